The summed E-state index contributed by atoms with van der Waals surface area (Å²) in [5.74, 6) is -0.443. The van der Waals surface area contributed by atoms with E-state index in [1.54, 1.807) is 6.92 Å². The number of benzene rings is 1. The Bertz CT molecular complexity index is 653. The second-order valence-electron chi connectivity index (χ2n) is 7.24. The highest BCUT2D eigenvalue weighted by molar-refractivity contribution is 5.97. The molecule has 1 fully saturated rings. The third-order valence-corrected chi connectivity index (χ3v) is 5.27. The van der Waals surface area contributed by atoms with Crippen molar-refractivity contribution < 1.29 is 18.0 Å². The molecule has 1 saturated heterocycles. The van der Waals surface area contributed by atoms with Gasteiger partial charge in [0.05, 0.1) is 5.56 Å². The lowest BCUT2D eigenvalue weighted by Crippen LogP contribution is -2.44. The minimum absolute atomic E-state index is 0.111. The Morgan fingerprint density at radius 1 is 1.26 bits per heavy atom. The molecule has 152 valence electrons. The first kappa shape index (κ1) is 21.5. The first-order valence-corrected chi connectivity index (χ1v) is 9.64. The summed E-state index contributed by atoms with van der Waals surface area (Å²) in [7, 11) is 2.05. The van der Waals surface area contributed by atoms with Crippen LogP contribution in [0.5, 0.6) is 0 Å². The van der Waals surface area contributed by atoms with Gasteiger partial charge >= 0.3 is 6.18 Å². The molecule has 0 aliphatic carbocycles. The predicted octanol–water partition coefficient (Wildman–Crippen LogP) is 4.07. The summed E-state index contributed by atoms with van der Waals surface area (Å²) in [6, 6.07) is 2.36. The van der Waals surface area contributed by atoms with Crippen molar-refractivity contribution in [2.75, 3.05) is 38.1 Å². The number of piperidine rings is 1. The molecule has 0 aromatic heterocycles. The summed E-state index contributed by atoms with van der Waals surface area (Å²) in [5, 5.41) is 2.71. The number of rotatable bonds is 6. The van der Waals surface area contributed by atoms with Crippen LogP contribution in [0.25, 0.3) is 0 Å². The Hall–Kier alpha value is -1.76. The third kappa shape index (κ3) is 5.15. The van der Waals surface area contributed by atoms with E-state index in [2.05, 4.69) is 17.3 Å². The van der Waals surface area contributed by atoms with E-state index in [1.165, 1.54) is 6.07 Å². The van der Waals surface area contributed by atoms with Crippen LogP contribution >= 0.6 is 0 Å². The van der Waals surface area contributed by atoms with E-state index >= 15 is 0 Å². The number of likely N-dealkylation sites (tertiary alicyclic amines) is 1. The number of anilines is 1. The number of carbonyl (C=O) groups excluding carboxylic acids is 1. The number of carbonyl (C=O) groups is 1. The van der Waals surface area contributed by atoms with Crippen LogP contribution in [0.4, 0.5) is 18.9 Å². The number of nitrogens with zero attached hydrogens (tertiary/aromatic N) is 2. The van der Waals surface area contributed by atoms with Crippen LogP contribution in [0, 0.1) is 6.92 Å². The lowest BCUT2D eigenvalue weighted by atomic mass is 9.97. The average molecular weight is 385 g/mol. The van der Waals surface area contributed by atoms with E-state index in [0.717, 1.165) is 38.4 Å². The molecule has 1 aliphatic heterocycles. The number of amides is 1. The lowest BCUT2D eigenvalue weighted by molar-refractivity contribution is -0.137. The van der Waals surface area contributed by atoms with Crippen molar-refractivity contribution in [3.05, 3.63) is 28.8 Å². The molecule has 1 aliphatic rings. The Kier molecular flexibility index (Phi) is 7.14. The summed E-state index contributed by atoms with van der Waals surface area (Å²) < 4.78 is 40.5. The molecular formula is C20H30F3N3O. The average Bonchev–Trinajstić information content (AvgIpc) is 2.62. The number of hydrogen-bond acceptors (Lipinski definition) is 3. The van der Waals surface area contributed by atoms with Crippen molar-refractivity contribution in [2.45, 2.75) is 52.3 Å². The van der Waals surface area contributed by atoms with E-state index in [1.807, 2.05) is 18.7 Å². The van der Waals surface area contributed by atoms with Crippen molar-refractivity contribution in [3.63, 3.8) is 0 Å². The van der Waals surface area contributed by atoms with Crippen molar-refractivity contribution >= 4 is 11.6 Å². The summed E-state index contributed by atoms with van der Waals surface area (Å²) in [6.45, 7) is 8.49. The van der Waals surface area contributed by atoms with Crippen LogP contribution in [0.15, 0.2) is 12.1 Å². The van der Waals surface area contributed by atoms with Crippen molar-refractivity contribution in [3.8, 4) is 0 Å². The van der Waals surface area contributed by atoms with Crippen molar-refractivity contribution in [2.24, 2.45) is 0 Å². The summed E-state index contributed by atoms with van der Waals surface area (Å²) in [4.78, 5) is 16.7. The van der Waals surface area contributed by atoms with Gasteiger partial charge in [-0.2, -0.15) is 13.2 Å². The van der Waals surface area contributed by atoms with E-state index in [9.17, 15) is 18.0 Å². The molecule has 0 unspecified atom stereocenters. The molecule has 0 saturated carbocycles. The van der Waals surface area contributed by atoms with E-state index in [-0.39, 0.29) is 11.6 Å². The fourth-order valence-corrected chi connectivity index (χ4v) is 3.66. The van der Waals surface area contributed by atoms with Crippen LogP contribution < -0.4 is 10.2 Å². The molecule has 0 spiro atoms. The molecule has 1 N–H and O–H groups in total. The first-order chi connectivity index (χ1) is 12.7. The van der Waals surface area contributed by atoms with Gasteiger partial charge in [-0.25, -0.2) is 0 Å². The Morgan fingerprint density at radius 2 is 1.89 bits per heavy atom. The van der Waals surface area contributed by atoms with Crippen LogP contribution in [0.3, 0.4) is 0 Å². The third-order valence-electron chi connectivity index (χ3n) is 5.27. The molecule has 27 heavy (non-hydrogen) atoms. The number of hydrogen-bond donors (Lipinski definition) is 1. The Labute approximate surface area is 159 Å². The molecule has 1 heterocycles. The summed E-state index contributed by atoms with van der Waals surface area (Å²) >= 11 is 0. The smallest absolute Gasteiger partial charge is 0.368 e. The first-order valence-electron chi connectivity index (χ1n) is 9.64. The van der Waals surface area contributed by atoms with Gasteiger partial charge in [0, 0.05) is 30.4 Å². The fourth-order valence-electron chi connectivity index (χ4n) is 3.66. The zero-order valence-electron chi connectivity index (χ0n) is 16.6. The number of alkyl halides is 3. The second-order valence-corrected chi connectivity index (χ2v) is 7.24. The van der Waals surface area contributed by atoms with Crippen molar-refractivity contribution in [1.29, 1.82) is 0 Å². The number of halogens is 3. The predicted molar refractivity (Wildman–Crippen MR) is 102 cm³/mol. The van der Waals surface area contributed by atoms with E-state index in [4.69, 9.17) is 0 Å². The normalized spacial score (nSPS) is 16.4. The monoisotopic (exact) mass is 385 g/mol. The van der Waals surface area contributed by atoms with Gasteiger partial charge in [-0.05, 0) is 70.9 Å². The second kappa shape index (κ2) is 8.95. The topological polar surface area (TPSA) is 35.6 Å². The largest absolute Gasteiger partial charge is 0.416 e. The highest BCUT2D eigenvalue weighted by atomic mass is 19.4. The zero-order valence-corrected chi connectivity index (χ0v) is 16.6. The van der Waals surface area contributed by atoms with Gasteiger partial charge in [0.1, 0.15) is 0 Å². The van der Waals surface area contributed by atoms with Gasteiger partial charge in [-0.15, -0.1) is 0 Å². The minimum Gasteiger partial charge on any atom is -0.368 e. The van der Waals surface area contributed by atoms with Crippen molar-refractivity contribution in [1.82, 2.24) is 10.2 Å². The van der Waals surface area contributed by atoms with Gasteiger partial charge in [0.2, 0.25) is 0 Å². The standard InChI is InChI=1S/C20H30F3N3O/c1-5-9-24-19(27)17-12-15(20(21,22)23)13-18(14(17)3)26(6-2)16-7-10-25(4)11-8-16/h12-13,16H,5-11H2,1-4H3,(H,24,27). The molecule has 4 nitrogen and oxygen atoms in total. The molecule has 0 atom stereocenters. The van der Waals surface area contributed by atoms with Gasteiger partial charge in [0.15, 0.2) is 0 Å². The van der Waals surface area contributed by atoms with Crippen LogP contribution in [0.1, 0.15) is 54.6 Å². The maximum atomic E-state index is 13.5. The lowest BCUT2D eigenvalue weighted by Gasteiger charge is -2.39. The van der Waals surface area contributed by atoms with E-state index < -0.39 is 17.6 Å². The van der Waals surface area contributed by atoms with Gasteiger partial charge in [-0.1, -0.05) is 6.92 Å². The van der Waals surface area contributed by atoms with Crippen LogP contribution in [-0.2, 0) is 6.18 Å². The highest BCUT2D eigenvalue weighted by Crippen LogP contribution is 2.36. The molecule has 1 amide bonds. The fraction of sp³-hybridized carbons (Fsp3) is 0.650. The molecule has 0 bridgehead atoms. The Morgan fingerprint density at radius 3 is 2.41 bits per heavy atom. The summed E-state index contributed by atoms with van der Waals surface area (Å²) in [6.07, 6.45) is -1.96. The van der Waals surface area contributed by atoms with Gasteiger partial charge in [-0.3, -0.25) is 4.79 Å². The van der Waals surface area contributed by atoms with E-state index in [0.29, 0.717) is 24.3 Å². The summed E-state index contributed by atoms with van der Waals surface area (Å²) in [5.41, 5.74) is 0.469. The zero-order chi connectivity index (χ0) is 20.2. The molecule has 0 radical (unpaired) electrons. The minimum atomic E-state index is -4.49. The van der Waals surface area contributed by atoms with Gasteiger partial charge < -0.3 is 15.1 Å². The molecule has 7 heteroatoms. The number of nitrogens with one attached hydrogen (secondary N) is 1. The quantitative estimate of drug-likeness (QED) is 0.802. The molecular weight excluding hydrogens is 355 g/mol. The molecule has 1 aromatic rings. The molecule has 2 rings (SSSR count). The van der Waals surface area contributed by atoms with Gasteiger partial charge in [0.25, 0.3) is 5.91 Å². The highest BCUT2D eigenvalue weighted by Gasteiger charge is 2.34. The van der Waals surface area contributed by atoms with Crippen LogP contribution in [-0.4, -0.2) is 50.1 Å². The maximum Gasteiger partial charge on any atom is 0.416 e. The van der Waals surface area contributed by atoms with Crippen LogP contribution in [0.2, 0.25) is 0 Å². The Balaban J connectivity index is 2.47. The SMILES string of the molecule is CCCNC(=O)c1cc(C(F)(F)F)cc(N(CC)C2CCN(C)CC2)c1C. The molecule has 1 aromatic carbocycles. The maximum absolute atomic E-state index is 13.5.